The van der Waals surface area contributed by atoms with E-state index in [0.717, 1.165) is 0 Å². The zero-order chi connectivity index (χ0) is 12.1. The summed E-state index contributed by atoms with van der Waals surface area (Å²) < 4.78 is 0. The lowest BCUT2D eigenvalue weighted by atomic mass is 9.96. The van der Waals surface area contributed by atoms with Crippen LogP contribution in [0.5, 0.6) is 0 Å². The van der Waals surface area contributed by atoms with Gasteiger partial charge in [0.2, 0.25) is 0 Å². The number of hydrogen-bond acceptors (Lipinski definition) is 4. The van der Waals surface area contributed by atoms with Gasteiger partial charge in [0.05, 0.1) is 6.04 Å². The molecule has 0 amide bonds. The van der Waals surface area contributed by atoms with Gasteiger partial charge >= 0.3 is 0 Å². The maximum Gasteiger partial charge on any atom is 0.0583 e. The number of nitrogens with one attached hydrogen (secondary N) is 1. The van der Waals surface area contributed by atoms with Crippen molar-refractivity contribution in [1.82, 2.24) is 10.3 Å². The molecule has 0 radical (unpaired) electrons. The van der Waals surface area contributed by atoms with Crippen LogP contribution in [0, 0.1) is 0 Å². The summed E-state index contributed by atoms with van der Waals surface area (Å²) in [4.78, 5) is 2.47. The first kappa shape index (κ1) is 13.4. The standard InChI is InChI=1S/C13H25N3S/c1-16-8-9-17-10-12(16)13(15-14)11-6-4-2-3-5-7-11/h6,12-13,15H,2-5,7-10,14H2,1H3. The lowest BCUT2D eigenvalue weighted by Crippen LogP contribution is -2.55. The van der Waals surface area contributed by atoms with Crippen molar-refractivity contribution in [3.05, 3.63) is 11.6 Å². The Morgan fingerprint density at radius 1 is 1.47 bits per heavy atom. The van der Waals surface area contributed by atoms with Gasteiger partial charge in [-0.2, -0.15) is 11.8 Å². The molecule has 0 aromatic carbocycles. The van der Waals surface area contributed by atoms with Crippen LogP contribution in [0.15, 0.2) is 11.6 Å². The normalized spacial score (nSPS) is 29.5. The van der Waals surface area contributed by atoms with Gasteiger partial charge in [-0.3, -0.25) is 16.2 Å². The van der Waals surface area contributed by atoms with E-state index in [1.807, 2.05) is 0 Å². The summed E-state index contributed by atoms with van der Waals surface area (Å²) in [6, 6.07) is 0.911. The van der Waals surface area contributed by atoms with Gasteiger partial charge in [-0.05, 0) is 32.7 Å². The molecule has 0 spiro atoms. The van der Waals surface area contributed by atoms with Crippen molar-refractivity contribution >= 4 is 11.8 Å². The summed E-state index contributed by atoms with van der Waals surface area (Å²) in [7, 11) is 2.23. The van der Waals surface area contributed by atoms with Crippen LogP contribution in [0.1, 0.15) is 32.1 Å². The first-order valence-electron chi connectivity index (χ1n) is 6.76. The van der Waals surface area contributed by atoms with E-state index in [1.165, 1.54) is 50.2 Å². The van der Waals surface area contributed by atoms with Crippen molar-refractivity contribution in [2.45, 2.75) is 44.2 Å². The highest BCUT2D eigenvalue weighted by atomic mass is 32.2. The SMILES string of the molecule is CN1CCSCC1C(NN)C1=CCCCCC1. The third-order valence-electron chi connectivity index (χ3n) is 3.98. The van der Waals surface area contributed by atoms with Gasteiger partial charge in [0.1, 0.15) is 0 Å². The highest BCUT2D eigenvalue weighted by molar-refractivity contribution is 7.99. The van der Waals surface area contributed by atoms with Crippen LogP contribution < -0.4 is 11.3 Å². The molecule has 1 heterocycles. The predicted octanol–water partition coefficient (Wildman–Crippen LogP) is 1.76. The van der Waals surface area contributed by atoms with E-state index in [2.05, 4.69) is 35.2 Å². The summed E-state index contributed by atoms with van der Waals surface area (Å²) in [6.07, 6.45) is 8.93. The van der Waals surface area contributed by atoms with Crippen LogP contribution in [0.25, 0.3) is 0 Å². The van der Waals surface area contributed by atoms with E-state index in [1.54, 1.807) is 5.57 Å². The van der Waals surface area contributed by atoms with Gasteiger partial charge in [0.15, 0.2) is 0 Å². The number of rotatable bonds is 3. The molecule has 1 fully saturated rings. The molecule has 2 rings (SSSR count). The number of nitrogens with two attached hydrogens (primary N) is 1. The molecule has 0 aromatic rings. The number of nitrogens with zero attached hydrogens (tertiary/aromatic N) is 1. The molecule has 2 atom stereocenters. The smallest absolute Gasteiger partial charge is 0.0583 e. The summed E-state index contributed by atoms with van der Waals surface area (Å²) in [5, 5.41) is 0. The Labute approximate surface area is 109 Å². The van der Waals surface area contributed by atoms with E-state index in [0.29, 0.717) is 12.1 Å². The van der Waals surface area contributed by atoms with E-state index in [-0.39, 0.29) is 0 Å². The molecule has 2 aliphatic rings. The minimum absolute atomic E-state index is 0.353. The third kappa shape index (κ3) is 3.47. The summed E-state index contributed by atoms with van der Waals surface area (Å²) in [5.41, 5.74) is 4.62. The Morgan fingerprint density at radius 2 is 2.35 bits per heavy atom. The molecule has 4 heteroatoms. The molecule has 0 bridgehead atoms. The highest BCUT2D eigenvalue weighted by Crippen LogP contribution is 2.26. The number of hydrogen-bond donors (Lipinski definition) is 2. The minimum Gasteiger partial charge on any atom is -0.300 e. The largest absolute Gasteiger partial charge is 0.300 e. The maximum atomic E-state index is 5.82. The van der Waals surface area contributed by atoms with Crippen molar-refractivity contribution in [2.75, 3.05) is 25.1 Å². The van der Waals surface area contributed by atoms with Crippen molar-refractivity contribution < 1.29 is 0 Å². The number of allylic oxidation sites excluding steroid dienone is 1. The molecular formula is C13H25N3S. The molecule has 1 aliphatic carbocycles. The van der Waals surface area contributed by atoms with Gasteiger partial charge in [-0.25, -0.2) is 0 Å². The lowest BCUT2D eigenvalue weighted by Gasteiger charge is -2.38. The second kappa shape index (κ2) is 6.78. The minimum atomic E-state index is 0.353. The first-order chi connectivity index (χ1) is 8.33. The van der Waals surface area contributed by atoms with Crippen LogP contribution in [0.4, 0.5) is 0 Å². The predicted molar refractivity (Wildman–Crippen MR) is 76.0 cm³/mol. The van der Waals surface area contributed by atoms with Gasteiger partial charge < -0.3 is 0 Å². The van der Waals surface area contributed by atoms with E-state index >= 15 is 0 Å². The maximum absolute atomic E-state index is 5.82. The van der Waals surface area contributed by atoms with E-state index < -0.39 is 0 Å². The Bertz CT molecular complexity index is 267. The molecule has 1 aliphatic heterocycles. The molecule has 3 nitrogen and oxygen atoms in total. The van der Waals surface area contributed by atoms with Crippen molar-refractivity contribution in [3.63, 3.8) is 0 Å². The van der Waals surface area contributed by atoms with Crippen LogP contribution in [-0.2, 0) is 0 Å². The van der Waals surface area contributed by atoms with Crippen LogP contribution in [-0.4, -0.2) is 42.1 Å². The van der Waals surface area contributed by atoms with Gasteiger partial charge in [-0.1, -0.05) is 18.1 Å². The van der Waals surface area contributed by atoms with Gasteiger partial charge in [-0.15, -0.1) is 0 Å². The van der Waals surface area contributed by atoms with Crippen molar-refractivity contribution in [2.24, 2.45) is 5.84 Å². The monoisotopic (exact) mass is 255 g/mol. The fourth-order valence-electron chi connectivity index (χ4n) is 2.84. The summed E-state index contributed by atoms with van der Waals surface area (Å²) in [6.45, 7) is 1.18. The molecular weight excluding hydrogens is 230 g/mol. The van der Waals surface area contributed by atoms with Crippen molar-refractivity contribution in [3.8, 4) is 0 Å². The van der Waals surface area contributed by atoms with Crippen LogP contribution in [0.2, 0.25) is 0 Å². The quantitative estimate of drug-likeness (QED) is 0.458. The fraction of sp³-hybridized carbons (Fsp3) is 0.846. The fourth-order valence-corrected chi connectivity index (χ4v) is 4.12. The Balaban J connectivity index is 2.05. The van der Waals surface area contributed by atoms with Crippen LogP contribution in [0.3, 0.4) is 0 Å². The van der Waals surface area contributed by atoms with Gasteiger partial charge in [0.25, 0.3) is 0 Å². The Kier molecular flexibility index (Phi) is 5.35. The average molecular weight is 255 g/mol. The van der Waals surface area contributed by atoms with Gasteiger partial charge in [0, 0.05) is 24.1 Å². The van der Waals surface area contributed by atoms with E-state index in [4.69, 9.17) is 5.84 Å². The molecule has 3 N–H and O–H groups in total. The van der Waals surface area contributed by atoms with Crippen molar-refractivity contribution in [1.29, 1.82) is 0 Å². The first-order valence-corrected chi connectivity index (χ1v) is 7.91. The van der Waals surface area contributed by atoms with Crippen LogP contribution >= 0.6 is 11.8 Å². The highest BCUT2D eigenvalue weighted by Gasteiger charge is 2.29. The Hall–Kier alpha value is -0.0300. The zero-order valence-electron chi connectivity index (χ0n) is 10.8. The summed E-state index contributed by atoms with van der Waals surface area (Å²) in [5.74, 6) is 8.27. The summed E-state index contributed by atoms with van der Waals surface area (Å²) >= 11 is 2.06. The molecule has 98 valence electrons. The average Bonchev–Trinajstić information content (AvgIpc) is 2.62. The molecule has 0 aromatic heterocycles. The van der Waals surface area contributed by atoms with E-state index in [9.17, 15) is 0 Å². The zero-order valence-corrected chi connectivity index (χ0v) is 11.6. The number of likely N-dealkylation sites (N-methyl/N-ethyl adjacent to an activating group) is 1. The topological polar surface area (TPSA) is 41.3 Å². The number of thioether (sulfide) groups is 1. The molecule has 1 saturated heterocycles. The molecule has 0 saturated carbocycles. The third-order valence-corrected chi connectivity index (χ3v) is 5.03. The second-order valence-electron chi connectivity index (χ2n) is 5.15. The lowest BCUT2D eigenvalue weighted by molar-refractivity contribution is 0.228. The Morgan fingerprint density at radius 3 is 3.12 bits per heavy atom. The number of hydrazine groups is 1. The molecule has 2 unspecified atom stereocenters. The second-order valence-corrected chi connectivity index (χ2v) is 6.30. The molecule has 17 heavy (non-hydrogen) atoms.